The van der Waals surface area contributed by atoms with Crippen LogP contribution in [-0.4, -0.2) is 115 Å². The highest BCUT2D eigenvalue weighted by atomic mass is 35.5. The number of nitrogens with zero attached hydrogens (tertiary/aromatic N) is 3. The van der Waals surface area contributed by atoms with Gasteiger partial charge in [0.25, 0.3) is 0 Å². The number of carbonyl (C=O) groups is 3. The van der Waals surface area contributed by atoms with Crippen molar-refractivity contribution >= 4 is 56.9 Å². The molecule has 13 heteroatoms. The summed E-state index contributed by atoms with van der Waals surface area (Å²) < 4.78 is 31.0. The largest absolute Gasteiger partial charge is 0.497 e. The molecule has 7 aliphatic rings. The first-order valence-corrected chi connectivity index (χ1v) is 21.9. The summed E-state index contributed by atoms with van der Waals surface area (Å²) in [6, 6.07) is 12.0. The van der Waals surface area contributed by atoms with E-state index in [1.54, 1.807) is 7.11 Å². The molecule has 3 aliphatic carbocycles. The molecule has 12 nitrogen and oxygen atoms in total. The van der Waals surface area contributed by atoms with E-state index < -0.39 is 17.3 Å². The number of esters is 2. The normalized spacial score (nSPS) is 34.9. The topological polar surface area (TPSA) is 132 Å². The zero-order chi connectivity index (χ0) is 41.1. The van der Waals surface area contributed by atoms with Crippen LogP contribution in [0.15, 0.2) is 47.5 Å². The van der Waals surface area contributed by atoms with E-state index in [4.69, 9.17) is 40.3 Å². The zero-order valence-corrected chi connectivity index (χ0v) is 35.5. The van der Waals surface area contributed by atoms with Crippen molar-refractivity contribution in [1.29, 1.82) is 0 Å². The Labute approximate surface area is 350 Å². The molecular weight excluding hydrogens is 772 g/mol. The first kappa shape index (κ1) is 39.2. The predicted octanol–water partition coefficient (Wildman–Crippen LogP) is 6.70. The molecule has 4 aliphatic heterocycles. The third kappa shape index (κ3) is 6.01. The van der Waals surface area contributed by atoms with Crippen molar-refractivity contribution in [3.05, 3.63) is 52.6 Å². The van der Waals surface area contributed by atoms with Gasteiger partial charge in [-0.15, -0.1) is 0 Å². The summed E-state index contributed by atoms with van der Waals surface area (Å²) in [5, 5.41) is 6.46. The number of fused-ring (bicyclic) bond motifs is 6. The van der Waals surface area contributed by atoms with E-state index >= 15 is 0 Å². The van der Waals surface area contributed by atoms with Gasteiger partial charge in [-0.1, -0.05) is 25.4 Å². The van der Waals surface area contributed by atoms with Crippen molar-refractivity contribution in [3.63, 3.8) is 0 Å². The van der Waals surface area contributed by atoms with Gasteiger partial charge in [0, 0.05) is 76.8 Å². The lowest BCUT2D eigenvalue weighted by atomic mass is 9.49. The number of halogens is 1. The first-order valence-electron chi connectivity index (χ1n) is 21.5. The Morgan fingerprint density at radius 3 is 2.66 bits per heavy atom. The number of epoxide rings is 1. The number of carbonyl (C=O) groups excluding carboxylic acids is 3. The predicted molar refractivity (Wildman–Crippen MR) is 222 cm³/mol. The van der Waals surface area contributed by atoms with Crippen LogP contribution in [0, 0.1) is 22.7 Å². The number of piperazine rings is 1. The fraction of sp³-hybridized carbons (Fsp3) is 0.609. The van der Waals surface area contributed by atoms with Gasteiger partial charge >= 0.3 is 11.9 Å². The lowest BCUT2D eigenvalue weighted by Crippen LogP contribution is -2.72. The van der Waals surface area contributed by atoms with E-state index in [1.807, 2.05) is 41.3 Å². The molecule has 59 heavy (non-hydrogen) atoms. The van der Waals surface area contributed by atoms with Gasteiger partial charge in [-0.25, -0.2) is 9.78 Å². The maximum absolute atomic E-state index is 13.6. The Bertz CT molecular complexity index is 2300. The van der Waals surface area contributed by atoms with Crippen molar-refractivity contribution in [3.8, 4) is 5.75 Å². The van der Waals surface area contributed by atoms with Gasteiger partial charge in [-0.3, -0.25) is 14.5 Å². The van der Waals surface area contributed by atoms with Gasteiger partial charge in [0.05, 0.1) is 43.0 Å². The molecule has 314 valence electrons. The Morgan fingerprint density at radius 2 is 1.86 bits per heavy atom. The zero-order valence-electron chi connectivity index (χ0n) is 34.7. The summed E-state index contributed by atoms with van der Waals surface area (Å²) in [5.41, 5.74) is 2.70. The molecule has 0 radical (unpaired) electrons. The van der Waals surface area contributed by atoms with E-state index in [1.165, 1.54) is 0 Å². The van der Waals surface area contributed by atoms with Gasteiger partial charge < -0.3 is 33.9 Å². The second-order valence-corrected chi connectivity index (χ2v) is 19.3. The SMILES string of the molecule is COc1ccc2nc3cc(Cl)ccc3c(NC(C)CCCN3CCN(C(=O)CCC(=O)O[C@@H]4[C@@]5(C)C[C@H]5[C@@H]5O[C@@]56[C@@]5(C)CCC7=C(COC7=O)[C@@H]5CO[C@]46C)CC3)c2c1. The van der Waals surface area contributed by atoms with E-state index in [0.29, 0.717) is 37.7 Å². The maximum Gasteiger partial charge on any atom is 0.334 e. The molecule has 1 aromatic heterocycles. The minimum absolute atomic E-state index is 0.00884. The Balaban J connectivity index is 0.710. The molecule has 3 saturated heterocycles. The average Bonchev–Trinajstić information content (AvgIpc) is 4.11. The van der Waals surface area contributed by atoms with Crippen LogP contribution in [0.4, 0.5) is 5.69 Å². The van der Waals surface area contributed by atoms with E-state index in [-0.39, 0.29) is 65.5 Å². The van der Waals surface area contributed by atoms with Crippen LogP contribution in [0.1, 0.15) is 72.6 Å². The molecule has 2 aromatic carbocycles. The molecule has 0 bridgehead atoms. The van der Waals surface area contributed by atoms with Crippen LogP contribution >= 0.6 is 11.6 Å². The average molecular weight is 827 g/mol. The van der Waals surface area contributed by atoms with Gasteiger partial charge in [0.1, 0.15) is 29.7 Å². The monoisotopic (exact) mass is 826 g/mol. The number of ether oxygens (including phenoxy) is 5. The van der Waals surface area contributed by atoms with E-state index in [0.717, 1.165) is 89.7 Å². The Kier molecular flexibility index (Phi) is 9.32. The van der Waals surface area contributed by atoms with Gasteiger partial charge in [-0.05, 0) is 100 Å². The quantitative estimate of drug-likeness (QED) is 0.126. The fourth-order valence-corrected chi connectivity index (χ4v) is 12.4. The number of hydrogen-bond acceptors (Lipinski definition) is 11. The van der Waals surface area contributed by atoms with Crippen molar-refractivity contribution < 1.29 is 38.1 Å². The lowest BCUT2D eigenvalue weighted by molar-refractivity contribution is -0.260. The highest BCUT2D eigenvalue weighted by Gasteiger charge is 2.91. The summed E-state index contributed by atoms with van der Waals surface area (Å²) in [7, 11) is 1.67. The maximum atomic E-state index is 13.6. The van der Waals surface area contributed by atoms with Crippen molar-refractivity contribution in [2.45, 2.75) is 102 Å². The van der Waals surface area contributed by atoms with Gasteiger partial charge in [0.15, 0.2) is 0 Å². The van der Waals surface area contributed by atoms with Gasteiger partial charge in [-0.2, -0.15) is 0 Å². The highest BCUT2D eigenvalue weighted by molar-refractivity contribution is 6.31. The number of aromatic nitrogens is 1. The molecule has 1 N–H and O–H groups in total. The number of amides is 1. The summed E-state index contributed by atoms with van der Waals surface area (Å²) >= 11 is 6.33. The van der Waals surface area contributed by atoms with Crippen LogP contribution in [0.3, 0.4) is 0 Å². The Morgan fingerprint density at radius 1 is 1.05 bits per heavy atom. The lowest BCUT2D eigenvalue weighted by Gasteiger charge is -2.60. The minimum atomic E-state index is -0.833. The molecule has 1 unspecified atom stereocenters. The van der Waals surface area contributed by atoms with E-state index in [9.17, 15) is 14.4 Å². The molecule has 1 spiro atoms. The first-order chi connectivity index (χ1) is 28.3. The van der Waals surface area contributed by atoms with Crippen LogP contribution in [0.5, 0.6) is 5.75 Å². The van der Waals surface area contributed by atoms with Gasteiger partial charge in [0.2, 0.25) is 5.91 Å². The molecule has 2 saturated carbocycles. The number of methoxy groups -OCH3 is 1. The molecule has 3 aromatic rings. The molecule has 9 atom stereocenters. The molecule has 5 heterocycles. The molecule has 10 rings (SSSR count). The van der Waals surface area contributed by atoms with Crippen LogP contribution in [0.2, 0.25) is 5.02 Å². The number of rotatable bonds is 11. The number of hydrogen-bond donors (Lipinski definition) is 1. The summed E-state index contributed by atoms with van der Waals surface area (Å²) in [6.07, 6.45) is 4.08. The van der Waals surface area contributed by atoms with Crippen molar-refractivity contribution in [2.75, 3.05) is 58.4 Å². The smallest absolute Gasteiger partial charge is 0.334 e. The van der Waals surface area contributed by atoms with Crippen LogP contribution in [-0.2, 0) is 33.3 Å². The van der Waals surface area contributed by atoms with Crippen LogP contribution < -0.4 is 10.1 Å². The number of benzene rings is 2. The number of cyclic esters (lactones) is 1. The molecule has 1 amide bonds. The highest BCUT2D eigenvalue weighted by Crippen LogP contribution is 2.81. The number of pyridine rings is 1. The Hall–Kier alpha value is -3.97. The minimum Gasteiger partial charge on any atom is -0.497 e. The summed E-state index contributed by atoms with van der Waals surface area (Å²) in [4.78, 5) is 48.7. The fourth-order valence-electron chi connectivity index (χ4n) is 12.2. The number of anilines is 1. The second kappa shape index (κ2) is 14.0. The molecular formula is C46H55ClN4O8. The van der Waals surface area contributed by atoms with Crippen molar-refractivity contribution in [1.82, 2.24) is 14.8 Å². The summed E-state index contributed by atoms with van der Waals surface area (Å²) in [6.45, 7) is 13.4. The van der Waals surface area contributed by atoms with Crippen LogP contribution in [0.25, 0.3) is 21.8 Å². The second-order valence-electron chi connectivity index (χ2n) is 18.9. The third-order valence-corrected chi connectivity index (χ3v) is 15.9. The van der Waals surface area contributed by atoms with Crippen molar-refractivity contribution in [2.24, 2.45) is 22.7 Å². The van der Waals surface area contributed by atoms with E-state index in [2.05, 4.69) is 37.9 Å². The summed E-state index contributed by atoms with van der Waals surface area (Å²) in [5.74, 6) is 0.530. The number of nitrogens with one attached hydrogen (secondary N) is 1. The molecule has 5 fully saturated rings. The standard InChI is InChI=1S/C46H55ClN4O8/c1-26(48-39-30-10-8-27(47)21-36(30)49-35-11-9-28(55-5)22-31(35)39)7-6-16-50-17-19-51(20-18-50)37(52)12-13-38(53)58-42-43(2)23-33(43)40-46(59-40)44(3)15-14-29-32(24-56-41(29)54)34(44)25-57-45(42,46)4/h8-11,21-22,26,33-34,40,42H,6-7,12-20,23-25H2,1-5H3,(H,48,49)/t26?,33-,34-,40-,42+,43-,44-,45+,46+/m0/s1. The third-order valence-electron chi connectivity index (χ3n) is 15.6.